The van der Waals surface area contributed by atoms with Crippen LogP contribution in [-0.4, -0.2) is 17.5 Å². The van der Waals surface area contributed by atoms with Gasteiger partial charge in [-0.25, -0.2) is 4.79 Å². The lowest BCUT2D eigenvalue weighted by Gasteiger charge is -2.10. The van der Waals surface area contributed by atoms with E-state index in [1.807, 2.05) is 0 Å². The molecule has 0 heterocycles. The maximum absolute atomic E-state index is 10.7. The lowest BCUT2D eigenvalue weighted by Crippen LogP contribution is -2.27. The Labute approximate surface area is 89.1 Å². The highest BCUT2D eigenvalue weighted by Crippen LogP contribution is 2.16. The summed E-state index contributed by atoms with van der Waals surface area (Å²) in [6.07, 6.45) is 0.376. The minimum absolute atomic E-state index is 0.376. The van der Waals surface area contributed by atoms with Crippen molar-refractivity contribution in [2.75, 3.05) is 0 Å². The molecule has 74 valence electrons. The number of amides is 1. The van der Waals surface area contributed by atoms with Crippen LogP contribution in [0.5, 0.6) is 0 Å². The van der Waals surface area contributed by atoms with Gasteiger partial charge in [0.25, 0.3) is 0 Å². The van der Waals surface area contributed by atoms with E-state index in [1.54, 1.807) is 24.3 Å². The molecule has 0 radical (unpaired) electrons. The van der Waals surface area contributed by atoms with Gasteiger partial charge in [-0.2, -0.15) is 0 Å². The molecule has 1 amide bonds. The highest BCUT2D eigenvalue weighted by molar-refractivity contribution is 9.10. The number of carbonyl (C=O) groups is 2. The van der Waals surface area contributed by atoms with Gasteiger partial charge in [-0.05, 0) is 17.7 Å². The van der Waals surface area contributed by atoms with Gasteiger partial charge >= 0.3 is 5.97 Å². The predicted molar refractivity (Wildman–Crippen MR) is 53.7 cm³/mol. The Kier molecular flexibility index (Phi) is 3.64. The van der Waals surface area contributed by atoms with Crippen LogP contribution in [0, 0.1) is 0 Å². The maximum Gasteiger partial charge on any atom is 0.330 e. The molecule has 2 N–H and O–H groups in total. The van der Waals surface area contributed by atoms with E-state index >= 15 is 0 Å². The van der Waals surface area contributed by atoms with E-state index in [4.69, 9.17) is 5.11 Å². The number of halogens is 1. The Morgan fingerprint density at radius 3 is 2.43 bits per heavy atom. The van der Waals surface area contributed by atoms with E-state index in [1.165, 1.54) is 0 Å². The monoisotopic (exact) mass is 257 g/mol. The Hall–Kier alpha value is -1.36. The summed E-state index contributed by atoms with van der Waals surface area (Å²) in [4.78, 5) is 20.9. The number of aliphatic carboxylic acids is 1. The number of rotatable bonds is 4. The van der Waals surface area contributed by atoms with Crippen molar-refractivity contribution in [3.63, 3.8) is 0 Å². The Bertz CT molecular complexity index is 336. The van der Waals surface area contributed by atoms with Gasteiger partial charge in [-0.1, -0.05) is 28.1 Å². The third-order valence-electron chi connectivity index (χ3n) is 1.68. The van der Waals surface area contributed by atoms with Crippen LogP contribution in [-0.2, 0) is 9.59 Å². The van der Waals surface area contributed by atoms with Crippen molar-refractivity contribution in [3.8, 4) is 0 Å². The molecule has 1 unspecified atom stereocenters. The van der Waals surface area contributed by atoms with E-state index in [2.05, 4.69) is 21.2 Å². The van der Waals surface area contributed by atoms with E-state index in [0.29, 0.717) is 12.0 Å². The SMILES string of the molecule is O=CNC(C(=O)O)c1ccc(Br)cc1. The predicted octanol–water partition coefficient (Wildman–Crippen LogP) is 1.32. The van der Waals surface area contributed by atoms with Gasteiger partial charge in [0.2, 0.25) is 6.41 Å². The number of hydrogen-bond donors (Lipinski definition) is 2. The number of nitrogens with one attached hydrogen (secondary N) is 1. The van der Waals surface area contributed by atoms with Crippen LogP contribution >= 0.6 is 15.9 Å². The first-order chi connectivity index (χ1) is 6.65. The van der Waals surface area contributed by atoms with Crippen LogP contribution in [0.25, 0.3) is 0 Å². The van der Waals surface area contributed by atoms with Crippen LogP contribution in [0.2, 0.25) is 0 Å². The van der Waals surface area contributed by atoms with Gasteiger partial charge in [-0.3, -0.25) is 4.79 Å². The third-order valence-corrected chi connectivity index (χ3v) is 2.21. The molecule has 0 aromatic heterocycles. The molecule has 1 rings (SSSR count). The topological polar surface area (TPSA) is 66.4 Å². The van der Waals surface area contributed by atoms with Crippen LogP contribution in [0.15, 0.2) is 28.7 Å². The summed E-state index contributed by atoms with van der Waals surface area (Å²) < 4.78 is 0.858. The maximum atomic E-state index is 10.7. The summed E-state index contributed by atoms with van der Waals surface area (Å²) in [5, 5.41) is 11.0. The fraction of sp³-hybridized carbons (Fsp3) is 0.111. The first-order valence-electron chi connectivity index (χ1n) is 3.83. The summed E-state index contributed by atoms with van der Waals surface area (Å²) in [7, 11) is 0. The molecule has 4 nitrogen and oxygen atoms in total. The lowest BCUT2D eigenvalue weighted by atomic mass is 10.1. The van der Waals surface area contributed by atoms with Gasteiger partial charge < -0.3 is 10.4 Å². The summed E-state index contributed by atoms with van der Waals surface area (Å²) in [5.41, 5.74) is 0.535. The van der Waals surface area contributed by atoms with Gasteiger partial charge in [0.1, 0.15) is 0 Å². The highest BCUT2D eigenvalue weighted by atomic mass is 79.9. The Morgan fingerprint density at radius 2 is 2.00 bits per heavy atom. The van der Waals surface area contributed by atoms with Gasteiger partial charge in [0.05, 0.1) is 0 Å². The van der Waals surface area contributed by atoms with Crippen molar-refractivity contribution in [2.45, 2.75) is 6.04 Å². The van der Waals surface area contributed by atoms with Gasteiger partial charge in [-0.15, -0.1) is 0 Å². The van der Waals surface area contributed by atoms with Crippen molar-refractivity contribution in [1.29, 1.82) is 0 Å². The first-order valence-corrected chi connectivity index (χ1v) is 4.62. The molecule has 14 heavy (non-hydrogen) atoms. The minimum atomic E-state index is -1.08. The molecule has 0 aliphatic carbocycles. The zero-order chi connectivity index (χ0) is 10.6. The third kappa shape index (κ3) is 2.56. The van der Waals surface area contributed by atoms with Crippen molar-refractivity contribution in [2.24, 2.45) is 0 Å². The quantitative estimate of drug-likeness (QED) is 0.800. The molecule has 0 bridgehead atoms. The summed E-state index contributed by atoms with van der Waals surface area (Å²) in [6, 6.07) is 5.73. The van der Waals surface area contributed by atoms with E-state index in [9.17, 15) is 9.59 Å². The zero-order valence-corrected chi connectivity index (χ0v) is 8.69. The lowest BCUT2D eigenvalue weighted by molar-refractivity contribution is -0.140. The normalized spacial score (nSPS) is 11.8. The summed E-state index contributed by atoms with van der Waals surface area (Å²) in [6.45, 7) is 0. The van der Waals surface area contributed by atoms with Crippen molar-refractivity contribution in [1.82, 2.24) is 5.32 Å². The average molecular weight is 258 g/mol. The van der Waals surface area contributed by atoms with E-state index < -0.39 is 12.0 Å². The van der Waals surface area contributed by atoms with Crippen LogP contribution in [0.4, 0.5) is 0 Å². The number of carbonyl (C=O) groups excluding carboxylic acids is 1. The summed E-state index contributed by atoms with van der Waals surface area (Å²) in [5.74, 6) is -1.08. The Balaban J connectivity index is 2.93. The molecule has 1 aromatic carbocycles. The minimum Gasteiger partial charge on any atom is -0.479 e. The molecule has 0 aliphatic rings. The van der Waals surface area contributed by atoms with Crippen molar-refractivity contribution in [3.05, 3.63) is 34.3 Å². The molecule has 0 spiro atoms. The molecular weight excluding hydrogens is 250 g/mol. The number of benzene rings is 1. The smallest absolute Gasteiger partial charge is 0.330 e. The van der Waals surface area contributed by atoms with Crippen molar-refractivity contribution >= 4 is 28.3 Å². The molecule has 1 atom stereocenters. The molecule has 5 heteroatoms. The van der Waals surface area contributed by atoms with Crippen molar-refractivity contribution < 1.29 is 14.7 Å². The van der Waals surface area contributed by atoms with Gasteiger partial charge in [0.15, 0.2) is 6.04 Å². The number of carboxylic acids is 1. The molecule has 1 aromatic rings. The second kappa shape index (κ2) is 4.76. The highest BCUT2D eigenvalue weighted by Gasteiger charge is 2.17. The summed E-state index contributed by atoms with van der Waals surface area (Å²) >= 11 is 3.23. The fourth-order valence-electron chi connectivity index (χ4n) is 1.03. The standard InChI is InChI=1S/C9H8BrNO3/c10-7-3-1-6(2-4-7)8(9(13)14)11-5-12/h1-5,8H,(H,11,12)(H,13,14). The molecule has 0 aliphatic heterocycles. The van der Waals surface area contributed by atoms with E-state index in [0.717, 1.165) is 4.47 Å². The molecular formula is C9H8BrNO3. The molecule has 0 fully saturated rings. The fourth-order valence-corrected chi connectivity index (χ4v) is 1.30. The largest absolute Gasteiger partial charge is 0.479 e. The Morgan fingerprint density at radius 1 is 1.43 bits per heavy atom. The first kappa shape index (κ1) is 10.7. The molecule has 0 saturated heterocycles. The zero-order valence-electron chi connectivity index (χ0n) is 7.11. The van der Waals surface area contributed by atoms with Crippen LogP contribution < -0.4 is 5.32 Å². The number of carboxylic acid groups (broad SMARTS) is 1. The van der Waals surface area contributed by atoms with Crippen LogP contribution in [0.1, 0.15) is 11.6 Å². The van der Waals surface area contributed by atoms with Crippen LogP contribution in [0.3, 0.4) is 0 Å². The average Bonchev–Trinajstić information content (AvgIpc) is 2.15. The second-order valence-electron chi connectivity index (χ2n) is 2.61. The molecule has 0 saturated carbocycles. The van der Waals surface area contributed by atoms with Gasteiger partial charge in [0, 0.05) is 4.47 Å². The van der Waals surface area contributed by atoms with E-state index in [-0.39, 0.29) is 0 Å². The second-order valence-corrected chi connectivity index (χ2v) is 3.52. The number of hydrogen-bond acceptors (Lipinski definition) is 2.